The lowest BCUT2D eigenvalue weighted by Crippen LogP contribution is -2.49. The van der Waals surface area contributed by atoms with Crippen LogP contribution in [0.5, 0.6) is 0 Å². The summed E-state index contributed by atoms with van der Waals surface area (Å²) in [6, 6.07) is 6.30. The van der Waals surface area contributed by atoms with Crippen molar-refractivity contribution in [2.45, 2.75) is 38.8 Å². The van der Waals surface area contributed by atoms with E-state index in [0.717, 1.165) is 22.9 Å². The fraction of sp³-hybridized carbons (Fsp3) is 0.412. The van der Waals surface area contributed by atoms with Crippen molar-refractivity contribution in [3.8, 4) is 0 Å². The van der Waals surface area contributed by atoms with E-state index in [9.17, 15) is 19.5 Å². The predicted molar refractivity (Wildman–Crippen MR) is 87.7 cm³/mol. The lowest BCUT2D eigenvalue weighted by atomic mass is 10.0. The first-order valence-corrected chi connectivity index (χ1v) is 7.98. The molecule has 1 aromatic heterocycles. The first-order valence-electron chi connectivity index (χ1n) is 7.98. The number of rotatable bonds is 3. The van der Waals surface area contributed by atoms with Crippen molar-refractivity contribution in [1.82, 2.24) is 14.7 Å². The van der Waals surface area contributed by atoms with Crippen molar-refractivity contribution in [2.75, 3.05) is 6.54 Å². The molecule has 3 rings (SSSR count). The Morgan fingerprint density at radius 2 is 1.96 bits per heavy atom. The molecule has 2 heterocycles. The summed E-state index contributed by atoms with van der Waals surface area (Å²) in [6.07, 6.45) is 2.00. The van der Waals surface area contributed by atoms with Crippen LogP contribution in [0, 0.1) is 6.92 Å². The van der Waals surface area contributed by atoms with Gasteiger partial charge in [0, 0.05) is 11.9 Å². The van der Waals surface area contributed by atoms with Crippen molar-refractivity contribution in [3.05, 3.63) is 40.3 Å². The van der Waals surface area contributed by atoms with Crippen LogP contribution in [-0.4, -0.2) is 44.3 Å². The summed E-state index contributed by atoms with van der Waals surface area (Å²) in [5.41, 5.74) is 0.319. The van der Waals surface area contributed by atoms with Gasteiger partial charge >= 0.3 is 5.97 Å². The van der Waals surface area contributed by atoms with Crippen LogP contribution in [-0.2, 0) is 16.1 Å². The van der Waals surface area contributed by atoms with Gasteiger partial charge in [0.2, 0.25) is 5.91 Å². The summed E-state index contributed by atoms with van der Waals surface area (Å²) in [5.74, 6) is -1.38. The number of piperidine rings is 1. The Balaban J connectivity index is 1.92. The zero-order valence-electron chi connectivity index (χ0n) is 13.4. The van der Waals surface area contributed by atoms with Gasteiger partial charge < -0.3 is 10.0 Å². The molecule has 0 bridgehead atoms. The second-order valence-electron chi connectivity index (χ2n) is 6.03. The van der Waals surface area contributed by atoms with Gasteiger partial charge in [0.25, 0.3) is 5.56 Å². The fourth-order valence-electron chi connectivity index (χ4n) is 3.22. The zero-order valence-corrected chi connectivity index (χ0v) is 13.4. The Labute approximate surface area is 138 Å². The molecule has 1 aromatic carbocycles. The van der Waals surface area contributed by atoms with Crippen LogP contribution in [0.15, 0.2) is 29.1 Å². The van der Waals surface area contributed by atoms with E-state index in [1.807, 2.05) is 12.1 Å². The molecule has 1 saturated heterocycles. The molecular weight excluding hydrogens is 310 g/mol. The zero-order chi connectivity index (χ0) is 17.3. The molecule has 1 amide bonds. The third-order valence-electron chi connectivity index (χ3n) is 4.45. The number of hydrogen-bond acceptors (Lipinski definition) is 4. The molecule has 0 radical (unpaired) electrons. The standard InChI is InChI=1S/C17H19N3O4/c1-11-12-6-2-3-7-13(12)16(22)20(18-11)10-15(21)19-9-5-4-8-14(19)17(23)24/h2-3,6-7,14H,4-5,8-10H2,1H3,(H,23,24)/t14-/m1/s1. The first-order chi connectivity index (χ1) is 11.5. The maximum absolute atomic E-state index is 12.5. The molecule has 0 aliphatic carbocycles. The summed E-state index contributed by atoms with van der Waals surface area (Å²) in [7, 11) is 0. The average molecular weight is 329 g/mol. The Hall–Kier alpha value is -2.70. The molecule has 1 atom stereocenters. The van der Waals surface area contributed by atoms with Crippen LogP contribution in [0.2, 0.25) is 0 Å². The molecule has 1 fully saturated rings. The van der Waals surface area contributed by atoms with Gasteiger partial charge in [-0.3, -0.25) is 9.59 Å². The van der Waals surface area contributed by atoms with Crippen LogP contribution in [0.4, 0.5) is 0 Å². The Morgan fingerprint density at radius 1 is 1.25 bits per heavy atom. The van der Waals surface area contributed by atoms with Crippen LogP contribution >= 0.6 is 0 Å². The van der Waals surface area contributed by atoms with E-state index in [2.05, 4.69) is 5.10 Å². The number of fused-ring (bicyclic) bond motifs is 1. The van der Waals surface area contributed by atoms with E-state index in [1.54, 1.807) is 19.1 Å². The lowest BCUT2D eigenvalue weighted by molar-refractivity contribution is -0.152. The number of carbonyl (C=O) groups excluding carboxylic acids is 1. The normalized spacial score (nSPS) is 17.9. The Morgan fingerprint density at radius 3 is 2.67 bits per heavy atom. The third kappa shape index (κ3) is 2.89. The Bertz CT molecular complexity index is 859. The second kappa shape index (κ2) is 6.43. The molecule has 7 heteroatoms. The molecule has 1 aliphatic rings. The van der Waals surface area contributed by atoms with Gasteiger partial charge in [-0.05, 0) is 32.3 Å². The minimum Gasteiger partial charge on any atom is -0.480 e. The number of nitrogens with zero attached hydrogens (tertiary/aromatic N) is 3. The van der Waals surface area contributed by atoms with Crippen LogP contribution < -0.4 is 5.56 Å². The van der Waals surface area contributed by atoms with Crippen molar-refractivity contribution < 1.29 is 14.7 Å². The first kappa shape index (κ1) is 16.2. The number of aryl methyl sites for hydroxylation is 1. The van der Waals surface area contributed by atoms with Crippen LogP contribution in [0.3, 0.4) is 0 Å². The quantitative estimate of drug-likeness (QED) is 0.912. The molecule has 1 aliphatic heterocycles. The maximum atomic E-state index is 12.5. The summed E-state index contributed by atoms with van der Waals surface area (Å²) in [6.45, 7) is 1.94. The molecule has 0 unspecified atom stereocenters. The van der Waals surface area contributed by atoms with E-state index in [-0.39, 0.29) is 18.0 Å². The molecule has 0 spiro atoms. The van der Waals surface area contributed by atoms with Gasteiger partial charge in [0.15, 0.2) is 0 Å². The monoisotopic (exact) mass is 329 g/mol. The van der Waals surface area contributed by atoms with Gasteiger partial charge in [-0.15, -0.1) is 0 Å². The highest BCUT2D eigenvalue weighted by atomic mass is 16.4. The highest BCUT2D eigenvalue weighted by Gasteiger charge is 2.32. The second-order valence-corrected chi connectivity index (χ2v) is 6.03. The minimum absolute atomic E-state index is 0.242. The largest absolute Gasteiger partial charge is 0.480 e. The molecule has 7 nitrogen and oxygen atoms in total. The van der Waals surface area contributed by atoms with Gasteiger partial charge in [0.05, 0.1) is 11.1 Å². The van der Waals surface area contributed by atoms with E-state index in [0.29, 0.717) is 24.0 Å². The maximum Gasteiger partial charge on any atom is 0.326 e. The predicted octanol–water partition coefficient (Wildman–Crippen LogP) is 1.17. The highest BCUT2D eigenvalue weighted by molar-refractivity contribution is 5.85. The summed E-state index contributed by atoms with van der Waals surface area (Å²) in [5, 5.41) is 14.8. The van der Waals surface area contributed by atoms with E-state index < -0.39 is 12.0 Å². The average Bonchev–Trinajstić information content (AvgIpc) is 2.59. The number of benzene rings is 1. The van der Waals surface area contributed by atoms with E-state index in [1.165, 1.54) is 4.90 Å². The van der Waals surface area contributed by atoms with Crippen LogP contribution in [0.1, 0.15) is 25.0 Å². The van der Waals surface area contributed by atoms with Crippen molar-refractivity contribution in [1.29, 1.82) is 0 Å². The number of aromatic nitrogens is 2. The molecule has 1 N–H and O–H groups in total. The number of carbonyl (C=O) groups is 2. The smallest absolute Gasteiger partial charge is 0.326 e. The van der Waals surface area contributed by atoms with Gasteiger partial charge in [-0.1, -0.05) is 18.2 Å². The third-order valence-corrected chi connectivity index (χ3v) is 4.45. The van der Waals surface area contributed by atoms with Gasteiger partial charge in [-0.2, -0.15) is 5.10 Å². The minimum atomic E-state index is -1.00. The number of carboxylic acid groups (broad SMARTS) is 1. The summed E-state index contributed by atoms with van der Waals surface area (Å²) in [4.78, 5) is 37.8. The number of likely N-dealkylation sites (tertiary alicyclic amines) is 1. The van der Waals surface area contributed by atoms with Crippen molar-refractivity contribution in [3.63, 3.8) is 0 Å². The fourth-order valence-corrected chi connectivity index (χ4v) is 3.22. The molecule has 126 valence electrons. The molecule has 0 saturated carbocycles. The molecular formula is C17H19N3O4. The number of aliphatic carboxylic acids is 1. The summed E-state index contributed by atoms with van der Waals surface area (Å²) < 4.78 is 1.13. The van der Waals surface area contributed by atoms with Crippen molar-refractivity contribution in [2.24, 2.45) is 0 Å². The number of amides is 1. The summed E-state index contributed by atoms with van der Waals surface area (Å²) >= 11 is 0. The number of hydrogen-bond donors (Lipinski definition) is 1. The Kier molecular flexibility index (Phi) is 4.33. The number of carboxylic acids is 1. The lowest BCUT2D eigenvalue weighted by Gasteiger charge is -2.33. The van der Waals surface area contributed by atoms with Gasteiger partial charge in [-0.25, -0.2) is 9.48 Å². The SMILES string of the molecule is Cc1nn(CC(=O)N2CCCC[C@@H]2C(=O)O)c(=O)c2ccccc12. The van der Waals surface area contributed by atoms with E-state index >= 15 is 0 Å². The van der Waals surface area contributed by atoms with Gasteiger partial charge in [0.1, 0.15) is 12.6 Å². The molecule has 24 heavy (non-hydrogen) atoms. The topological polar surface area (TPSA) is 92.5 Å². The van der Waals surface area contributed by atoms with E-state index in [4.69, 9.17) is 0 Å². The van der Waals surface area contributed by atoms with Crippen LogP contribution in [0.25, 0.3) is 10.8 Å². The molecule has 2 aromatic rings. The van der Waals surface area contributed by atoms with Crippen molar-refractivity contribution >= 4 is 22.6 Å². The highest BCUT2D eigenvalue weighted by Crippen LogP contribution is 2.18.